The second-order valence-electron chi connectivity index (χ2n) is 6.68. The van der Waals surface area contributed by atoms with Gasteiger partial charge >= 0.3 is 0 Å². The van der Waals surface area contributed by atoms with Crippen LogP contribution < -0.4 is 20.1 Å². The number of nitrogens with one attached hydrogen (secondary N) is 2. The van der Waals surface area contributed by atoms with Gasteiger partial charge in [-0.15, -0.1) is 11.3 Å². The number of hydrogen-bond acceptors (Lipinski definition) is 6. The van der Waals surface area contributed by atoms with Crippen LogP contribution in [0, 0.1) is 6.92 Å². The van der Waals surface area contributed by atoms with Crippen molar-refractivity contribution in [1.29, 1.82) is 0 Å². The topological polar surface area (TPSA) is 94.0 Å². The van der Waals surface area contributed by atoms with E-state index in [1.807, 2.05) is 23.6 Å². The lowest BCUT2D eigenvalue weighted by Gasteiger charge is -2.16. The fraction of sp³-hybridized carbons (Fsp3) is 0.136. The average Bonchev–Trinajstić information content (AvgIpc) is 3.32. The van der Waals surface area contributed by atoms with E-state index in [9.17, 15) is 9.59 Å². The molecule has 9 heteroatoms. The molecule has 2 aromatic carbocycles. The van der Waals surface area contributed by atoms with Crippen LogP contribution in [0.5, 0.6) is 11.5 Å². The van der Waals surface area contributed by atoms with Gasteiger partial charge in [0.25, 0.3) is 11.8 Å². The molecule has 0 saturated heterocycles. The lowest BCUT2D eigenvalue weighted by Crippen LogP contribution is -2.15. The smallest absolute Gasteiger partial charge is 0.276 e. The summed E-state index contributed by atoms with van der Waals surface area (Å²) in [4.78, 5) is 31.5. The molecule has 0 atom stereocenters. The Kier molecular flexibility index (Phi) is 5.59. The number of benzene rings is 2. The third-order valence-corrected chi connectivity index (χ3v) is 5.47. The summed E-state index contributed by atoms with van der Waals surface area (Å²) in [7, 11) is 2.97. The normalized spacial score (nSPS) is 10.7. The molecule has 0 bridgehead atoms. The van der Waals surface area contributed by atoms with Gasteiger partial charge in [0.2, 0.25) is 0 Å². The van der Waals surface area contributed by atoms with Crippen LogP contribution in [-0.4, -0.2) is 35.4 Å². The summed E-state index contributed by atoms with van der Waals surface area (Å²) in [5.41, 5.74) is 1.61. The maximum absolute atomic E-state index is 12.7. The molecule has 2 amide bonds. The Balaban J connectivity index is 1.59. The molecule has 0 unspecified atom stereocenters. The predicted molar refractivity (Wildman–Crippen MR) is 120 cm³/mol. The van der Waals surface area contributed by atoms with E-state index >= 15 is 0 Å². The minimum absolute atomic E-state index is 0.286. The number of ether oxygens (including phenoxy) is 2. The number of rotatable bonds is 6. The van der Waals surface area contributed by atoms with E-state index in [2.05, 4.69) is 15.6 Å². The molecule has 0 aliphatic carbocycles. The highest BCUT2D eigenvalue weighted by Gasteiger charge is 2.18. The third kappa shape index (κ3) is 4.22. The van der Waals surface area contributed by atoms with E-state index in [1.54, 1.807) is 42.6 Å². The molecule has 2 N–H and O–H groups in total. The number of carbonyl (C=O) groups excluding carboxylic acids is 2. The highest BCUT2D eigenvalue weighted by atomic mass is 32.1. The Bertz CT molecular complexity index is 1230. The molecule has 0 radical (unpaired) electrons. The van der Waals surface area contributed by atoms with Crippen molar-refractivity contribution < 1.29 is 19.1 Å². The molecule has 0 fully saturated rings. The minimum Gasteiger partial charge on any atom is -0.494 e. The van der Waals surface area contributed by atoms with Gasteiger partial charge in [-0.05, 0) is 19.1 Å². The Morgan fingerprint density at radius 3 is 2.13 bits per heavy atom. The number of fused-ring (bicyclic) bond motifs is 1. The van der Waals surface area contributed by atoms with Crippen LogP contribution >= 0.6 is 11.3 Å². The van der Waals surface area contributed by atoms with Crippen LogP contribution in [0.4, 0.5) is 11.4 Å². The van der Waals surface area contributed by atoms with Crippen molar-refractivity contribution in [2.24, 2.45) is 0 Å². The standard InChI is InChI=1S/C22H20N4O4S/c1-13-11-26-12-17(25-22(26)31-13)21(28)24-16-10-18(29-2)15(9-19(16)30-3)23-20(27)14-7-5-4-6-8-14/h4-12H,1-3H3,(H,23,27)(H,24,28). The monoisotopic (exact) mass is 436 g/mol. The summed E-state index contributed by atoms with van der Waals surface area (Å²) in [5.74, 6) is 0.0808. The number of imidazole rings is 1. The van der Waals surface area contributed by atoms with Crippen molar-refractivity contribution in [2.45, 2.75) is 6.92 Å². The van der Waals surface area contributed by atoms with Crippen LogP contribution in [0.15, 0.2) is 54.9 Å². The number of hydrogen-bond donors (Lipinski definition) is 2. The highest BCUT2D eigenvalue weighted by Crippen LogP contribution is 2.37. The molecule has 0 aliphatic heterocycles. The lowest BCUT2D eigenvalue weighted by atomic mass is 10.2. The number of methoxy groups -OCH3 is 2. The minimum atomic E-state index is -0.380. The van der Waals surface area contributed by atoms with Gasteiger partial charge in [-0.3, -0.25) is 14.0 Å². The van der Waals surface area contributed by atoms with E-state index in [0.717, 1.165) is 9.84 Å². The van der Waals surface area contributed by atoms with Crippen LogP contribution in [-0.2, 0) is 0 Å². The first kappa shape index (κ1) is 20.4. The van der Waals surface area contributed by atoms with Crippen molar-refractivity contribution in [3.05, 3.63) is 71.0 Å². The maximum atomic E-state index is 12.7. The molecule has 4 aromatic rings. The van der Waals surface area contributed by atoms with Gasteiger partial charge in [0.1, 0.15) is 17.2 Å². The summed E-state index contributed by atoms with van der Waals surface area (Å²) >= 11 is 1.50. The second kappa shape index (κ2) is 8.49. The molecular weight excluding hydrogens is 416 g/mol. The van der Waals surface area contributed by atoms with E-state index in [-0.39, 0.29) is 17.5 Å². The molecule has 2 heterocycles. The summed E-state index contributed by atoms with van der Waals surface area (Å²) in [5, 5.41) is 5.62. The van der Waals surface area contributed by atoms with Crippen molar-refractivity contribution in [2.75, 3.05) is 24.9 Å². The Morgan fingerprint density at radius 1 is 0.935 bits per heavy atom. The Hall–Kier alpha value is -3.85. The zero-order valence-corrected chi connectivity index (χ0v) is 17.9. The van der Waals surface area contributed by atoms with Crippen molar-refractivity contribution in [3.8, 4) is 11.5 Å². The summed E-state index contributed by atoms with van der Waals surface area (Å²) in [6.07, 6.45) is 3.59. The lowest BCUT2D eigenvalue weighted by molar-refractivity contribution is 0.101. The number of nitrogens with zero attached hydrogens (tertiary/aromatic N) is 2. The molecular formula is C22H20N4O4S. The predicted octanol–water partition coefficient (Wildman–Crippen LogP) is 4.23. The molecule has 8 nitrogen and oxygen atoms in total. The fourth-order valence-electron chi connectivity index (χ4n) is 3.08. The van der Waals surface area contributed by atoms with E-state index < -0.39 is 0 Å². The number of anilines is 2. The SMILES string of the molecule is COc1cc(NC(=O)c2cn3cc(C)sc3n2)c(OC)cc1NC(=O)c1ccccc1. The van der Waals surface area contributed by atoms with E-state index in [0.29, 0.717) is 28.4 Å². The molecule has 2 aromatic heterocycles. The van der Waals surface area contributed by atoms with Crippen LogP contribution in [0.2, 0.25) is 0 Å². The number of thiazole rings is 1. The maximum Gasteiger partial charge on any atom is 0.276 e. The Morgan fingerprint density at radius 2 is 1.55 bits per heavy atom. The first-order chi connectivity index (χ1) is 15.0. The number of aromatic nitrogens is 2. The molecule has 0 aliphatic rings. The molecule has 4 rings (SSSR count). The molecule has 0 saturated carbocycles. The second-order valence-corrected chi connectivity index (χ2v) is 7.90. The zero-order valence-electron chi connectivity index (χ0n) is 17.1. The summed E-state index contributed by atoms with van der Waals surface area (Å²) in [6.45, 7) is 1.98. The Labute approximate surface area is 182 Å². The van der Waals surface area contributed by atoms with Gasteiger partial charge in [0.15, 0.2) is 4.96 Å². The molecule has 31 heavy (non-hydrogen) atoms. The quantitative estimate of drug-likeness (QED) is 0.472. The van der Waals surface area contributed by atoms with E-state index in [4.69, 9.17) is 9.47 Å². The van der Waals surface area contributed by atoms with Crippen LogP contribution in [0.25, 0.3) is 4.96 Å². The first-order valence-corrected chi connectivity index (χ1v) is 10.2. The zero-order chi connectivity index (χ0) is 22.0. The highest BCUT2D eigenvalue weighted by molar-refractivity contribution is 7.17. The largest absolute Gasteiger partial charge is 0.494 e. The number of carbonyl (C=O) groups is 2. The third-order valence-electron chi connectivity index (χ3n) is 4.56. The summed E-state index contributed by atoms with van der Waals surface area (Å²) < 4.78 is 12.7. The number of amides is 2. The molecule has 158 valence electrons. The van der Waals surface area contributed by atoms with Crippen LogP contribution in [0.3, 0.4) is 0 Å². The van der Waals surface area contributed by atoms with Gasteiger partial charge in [-0.2, -0.15) is 0 Å². The van der Waals surface area contributed by atoms with Gasteiger partial charge < -0.3 is 20.1 Å². The summed E-state index contributed by atoms with van der Waals surface area (Å²) in [6, 6.07) is 12.0. The fourth-order valence-corrected chi connectivity index (χ4v) is 3.89. The van der Waals surface area contributed by atoms with Crippen molar-refractivity contribution >= 4 is 39.5 Å². The van der Waals surface area contributed by atoms with Crippen molar-refractivity contribution in [1.82, 2.24) is 9.38 Å². The average molecular weight is 436 g/mol. The molecule has 0 spiro atoms. The first-order valence-electron chi connectivity index (χ1n) is 9.37. The van der Waals surface area contributed by atoms with Crippen molar-refractivity contribution in [3.63, 3.8) is 0 Å². The van der Waals surface area contributed by atoms with Gasteiger partial charge in [0.05, 0.1) is 25.6 Å². The number of aryl methyl sites for hydroxylation is 1. The van der Waals surface area contributed by atoms with Crippen LogP contribution in [0.1, 0.15) is 25.7 Å². The van der Waals surface area contributed by atoms with Gasteiger partial charge in [-0.25, -0.2) is 4.98 Å². The van der Waals surface area contributed by atoms with Gasteiger partial charge in [-0.1, -0.05) is 18.2 Å². The van der Waals surface area contributed by atoms with E-state index in [1.165, 1.54) is 25.6 Å². The van der Waals surface area contributed by atoms with Gasteiger partial charge in [0, 0.05) is 35.0 Å².